The highest BCUT2D eigenvalue weighted by Gasteiger charge is 2.34. The van der Waals surface area contributed by atoms with Crippen molar-refractivity contribution in [3.05, 3.63) is 89.5 Å². The summed E-state index contributed by atoms with van der Waals surface area (Å²) >= 11 is 0. The number of pyridine rings is 3. The highest BCUT2D eigenvalue weighted by atomic mass is 19.4. The third kappa shape index (κ3) is 4.43. The van der Waals surface area contributed by atoms with Crippen LogP contribution >= 0.6 is 0 Å². The van der Waals surface area contributed by atoms with Crippen LogP contribution in [0.5, 0.6) is 0 Å². The fraction of sp³-hybridized carbons (Fsp3) is 0.182. The molecule has 4 aromatic rings. The smallest absolute Gasteiger partial charge is 0.252 e. The molecule has 0 aliphatic rings. The first-order chi connectivity index (χ1) is 15.4. The van der Waals surface area contributed by atoms with Crippen LogP contribution in [0.2, 0.25) is 0 Å². The van der Waals surface area contributed by atoms with E-state index in [0.29, 0.717) is 5.69 Å². The van der Waals surface area contributed by atoms with Crippen LogP contribution in [0, 0.1) is 17.7 Å². The van der Waals surface area contributed by atoms with E-state index < -0.39 is 35.0 Å². The maximum Gasteiger partial charge on any atom is 0.435 e. The van der Waals surface area contributed by atoms with Gasteiger partial charge in [-0.2, -0.15) is 32.0 Å². The molecule has 0 atom stereocenters. The maximum atomic E-state index is 14.4. The quantitative estimate of drug-likeness (QED) is 0.297. The lowest BCUT2D eigenvalue weighted by Crippen LogP contribution is -2.23. The molecule has 4 rings (SSSR count). The van der Waals surface area contributed by atoms with Crippen LogP contribution in [0.15, 0.2) is 54.7 Å². The molecule has 0 fully saturated rings. The average molecular weight is 463 g/mol. The van der Waals surface area contributed by atoms with Crippen LogP contribution in [0.4, 0.5) is 26.3 Å². The third-order valence-electron chi connectivity index (χ3n) is 5.01. The normalized spacial score (nSPS) is 12.2. The van der Waals surface area contributed by atoms with E-state index in [-0.39, 0.29) is 22.8 Å². The molecule has 0 spiro atoms. The molecule has 4 aromatic heterocycles. The summed E-state index contributed by atoms with van der Waals surface area (Å²) in [5.74, 6) is -2.91. The molecular formula is C22H15F6N5. The van der Waals surface area contributed by atoms with E-state index in [9.17, 15) is 26.3 Å². The molecule has 5 nitrogen and oxygen atoms in total. The van der Waals surface area contributed by atoms with E-state index in [1.165, 1.54) is 12.1 Å². The lowest BCUT2D eigenvalue weighted by Gasteiger charge is -2.25. The van der Waals surface area contributed by atoms with Gasteiger partial charge in [0.25, 0.3) is 0 Å². The van der Waals surface area contributed by atoms with Crippen molar-refractivity contribution in [3.63, 3.8) is 0 Å². The second-order valence-electron chi connectivity index (χ2n) is 7.68. The predicted octanol–water partition coefficient (Wildman–Crippen LogP) is 5.49. The van der Waals surface area contributed by atoms with Gasteiger partial charge in [0.05, 0.1) is 22.6 Å². The fourth-order valence-electron chi connectivity index (χ4n) is 3.19. The molecule has 11 heteroatoms. The van der Waals surface area contributed by atoms with Gasteiger partial charge in [-0.1, -0.05) is 6.07 Å². The number of halogens is 6. The molecule has 0 saturated heterocycles. The molecule has 33 heavy (non-hydrogen) atoms. The lowest BCUT2D eigenvalue weighted by molar-refractivity contribution is -0.141. The van der Waals surface area contributed by atoms with Gasteiger partial charge in [-0.3, -0.25) is 4.98 Å². The van der Waals surface area contributed by atoms with Crippen LogP contribution in [0.1, 0.15) is 30.9 Å². The minimum Gasteiger partial charge on any atom is -0.252 e. The Morgan fingerprint density at radius 1 is 0.788 bits per heavy atom. The number of hydrogen-bond acceptors (Lipinski definition) is 4. The summed E-state index contributed by atoms with van der Waals surface area (Å²) in [5.41, 5.74) is -1.52. The van der Waals surface area contributed by atoms with Gasteiger partial charge in [-0.25, -0.2) is 14.1 Å². The zero-order valence-electron chi connectivity index (χ0n) is 17.2. The van der Waals surface area contributed by atoms with E-state index in [1.54, 1.807) is 26.0 Å². The summed E-state index contributed by atoms with van der Waals surface area (Å²) < 4.78 is 81.2. The molecule has 0 saturated carbocycles. The SMILES string of the molecule is CC(C)(c1cccc(-c2ccc(F)nc2F)n1)c1cc(F)cc(-n2ccc(C(F)(F)F)n2)n1. The maximum absolute atomic E-state index is 14.4. The minimum atomic E-state index is -4.66. The van der Waals surface area contributed by atoms with Crippen molar-refractivity contribution < 1.29 is 26.3 Å². The molecule has 0 bridgehead atoms. The van der Waals surface area contributed by atoms with Crippen molar-refractivity contribution in [2.45, 2.75) is 25.4 Å². The van der Waals surface area contributed by atoms with Gasteiger partial charge in [0, 0.05) is 17.7 Å². The number of hydrogen-bond donors (Lipinski definition) is 0. The van der Waals surface area contributed by atoms with E-state index in [0.717, 1.165) is 35.1 Å². The molecular weight excluding hydrogens is 448 g/mol. The second kappa shape index (κ2) is 7.98. The topological polar surface area (TPSA) is 56.5 Å². The van der Waals surface area contributed by atoms with Crippen molar-refractivity contribution >= 4 is 0 Å². The van der Waals surface area contributed by atoms with Gasteiger partial charge in [0.15, 0.2) is 11.5 Å². The number of nitrogens with zero attached hydrogens (tertiary/aromatic N) is 5. The zero-order chi connectivity index (χ0) is 24.0. The third-order valence-corrected chi connectivity index (χ3v) is 5.01. The average Bonchev–Trinajstić information content (AvgIpc) is 3.24. The molecule has 0 radical (unpaired) electrons. The Bertz CT molecular complexity index is 1330. The van der Waals surface area contributed by atoms with Crippen LogP contribution < -0.4 is 0 Å². The lowest BCUT2D eigenvalue weighted by atomic mass is 9.84. The number of rotatable bonds is 4. The van der Waals surface area contributed by atoms with Crippen LogP contribution in [-0.4, -0.2) is 24.7 Å². The molecule has 0 amide bonds. The van der Waals surface area contributed by atoms with E-state index in [4.69, 9.17) is 0 Å². The van der Waals surface area contributed by atoms with E-state index in [2.05, 4.69) is 20.1 Å². The Hall–Kier alpha value is -3.76. The van der Waals surface area contributed by atoms with Crippen molar-refractivity contribution in [2.75, 3.05) is 0 Å². The minimum absolute atomic E-state index is 0.0295. The molecule has 0 unspecified atom stereocenters. The Morgan fingerprint density at radius 2 is 1.55 bits per heavy atom. The van der Waals surface area contributed by atoms with Crippen LogP contribution in [-0.2, 0) is 11.6 Å². The molecule has 170 valence electrons. The first-order valence-corrected chi connectivity index (χ1v) is 9.56. The summed E-state index contributed by atoms with van der Waals surface area (Å²) in [4.78, 5) is 11.9. The molecule has 0 N–H and O–H groups in total. The van der Waals surface area contributed by atoms with Crippen molar-refractivity contribution in [3.8, 4) is 17.1 Å². The summed E-state index contributed by atoms with van der Waals surface area (Å²) in [6.45, 7) is 3.35. The first-order valence-electron chi connectivity index (χ1n) is 9.56. The van der Waals surface area contributed by atoms with Crippen molar-refractivity contribution in [2.24, 2.45) is 0 Å². The summed E-state index contributed by atoms with van der Waals surface area (Å²) in [6, 6.07) is 9.75. The van der Waals surface area contributed by atoms with Gasteiger partial charge >= 0.3 is 6.18 Å². The Kier molecular flexibility index (Phi) is 5.43. The van der Waals surface area contributed by atoms with Gasteiger partial charge in [0.1, 0.15) is 5.82 Å². The predicted molar refractivity (Wildman–Crippen MR) is 106 cm³/mol. The second-order valence-corrected chi connectivity index (χ2v) is 7.68. The van der Waals surface area contributed by atoms with Crippen LogP contribution in [0.3, 0.4) is 0 Å². The summed E-state index contributed by atoms with van der Waals surface area (Å²) in [7, 11) is 0. The van der Waals surface area contributed by atoms with Gasteiger partial charge in [-0.15, -0.1) is 0 Å². The van der Waals surface area contributed by atoms with E-state index >= 15 is 0 Å². The largest absolute Gasteiger partial charge is 0.435 e. The number of aromatic nitrogens is 5. The monoisotopic (exact) mass is 463 g/mol. The highest BCUT2D eigenvalue weighted by molar-refractivity contribution is 5.59. The fourth-order valence-corrected chi connectivity index (χ4v) is 3.19. The molecule has 0 aliphatic carbocycles. The van der Waals surface area contributed by atoms with Crippen LogP contribution in [0.25, 0.3) is 17.1 Å². The van der Waals surface area contributed by atoms with Gasteiger partial charge in [0.2, 0.25) is 11.9 Å². The van der Waals surface area contributed by atoms with Crippen molar-refractivity contribution in [1.29, 1.82) is 0 Å². The summed E-state index contributed by atoms with van der Waals surface area (Å²) in [5, 5.41) is 3.43. The Morgan fingerprint density at radius 3 is 2.21 bits per heavy atom. The zero-order valence-corrected chi connectivity index (χ0v) is 17.2. The number of alkyl halides is 3. The Labute approximate surface area is 183 Å². The Balaban J connectivity index is 1.76. The van der Waals surface area contributed by atoms with Crippen molar-refractivity contribution in [1.82, 2.24) is 24.7 Å². The molecule has 4 heterocycles. The van der Waals surface area contributed by atoms with Gasteiger partial charge in [-0.05, 0) is 50.2 Å². The van der Waals surface area contributed by atoms with Gasteiger partial charge < -0.3 is 0 Å². The van der Waals surface area contributed by atoms with E-state index in [1.807, 2.05) is 0 Å². The first kappa shape index (κ1) is 22.4. The molecule has 0 aromatic carbocycles. The highest BCUT2D eigenvalue weighted by Crippen LogP contribution is 2.32. The summed E-state index contributed by atoms with van der Waals surface area (Å²) in [6.07, 6.45) is -3.62. The standard InChI is InChI=1S/C22H15F6N5/c1-21(2,15-5-3-4-14(29-15)13-6-7-18(24)31-20(13)25)17-10-12(23)11-19(30-17)33-9-8-16(32-33)22(26,27)28/h3-11H,1-2H3. The molecule has 0 aliphatic heterocycles.